The fourth-order valence-corrected chi connectivity index (χ4v) is 2.85. The van der Waals surface area contributed by atoms with Gasteiger partial charge in [-0.1, -0.05) is 38.5 Å². The molecule has 2 aromatic rings. The highest BCUT2D eigenvalue weighted by atomic mass is 16.6. The second-order valence-electron chi connectivity index (χ2n) is 7.36. The standard InChI is InChI=1S/C27H30N2O5/c1-4-6-15-29-27(31)22(19-28)17-21-9-13-24(25(18-21)32-3)34-26(30)14-10-20-7-11-23(12-8-20)33-16-5-2/h7-14,17-18H,4-6,15-16H2,1-3H3,(H,29,31)/b14-10+,22-17+. The Hall–Kier alpha value is -4.05. The Balaban J connectivity index is 2.06. The van der Waals surface area contributed by atoms with Crippen molar-refractivity contribution in [2.75, 3.05) is 20.3 Å². The maximum absolute atomic E-state index is 12.3. The van der Waals surface area contributed by atoms with Gasteiger partial charge in [0.2, 0.25) is 0 Å². The second kappa shape index (κ2) is 14.2. The number of hydrogen-bond acceptors (Lipinski definition) is 6. The second-order valence-corrected chi connectivity index (χ2v) is 7.36. The monoisotopic (exact) mass is 462 g/mol. The van der Waals surface area contributed by atoms with Crippen LogP contribution in [0.3, 0.4) is 0 Å². The number of amides is 1. The van der Waals surface area contributed by atoms with Gasteiger partial charge in [-0.2, -0.15) is 5.26 Å². The highest BCUT2D eigenvalue weighted by molar-refractivity contribution is 6.01. The number of nitrogens with zero attached hydrogens (tertiary/aromatic N) is 1. The molecule has 2 rings (SSSR count). The number of hydrogen-bond donors (Lipinski definition) is 1. The molecule has 2 aromatic carbocycles. The summed E-state index contributed by atoms with van der Waals surface area (Å²) < 4.78 is 16.3. The molecule has 0 aliphatic carbocycles. The van der Waals surface area contributed by atoms with E-state index in [1.807, 2.05) is 44.2 Å². The maximum atomic E-state index is 12.3. The topological polar surface area (TPSA) is 97.7 Å². The number of rotatable bonds is 12. The molecule has 0 bridgehead atoms. The summed E-state index contributed by atoms with van der Waals surface area (Å²) in [6.07, 6.45) is 7.14. The van der Waals surface area contributed by atoms with Gasteiger partial charge in [-0.05, 0) is 60.4 Å². The molecule has 34 heavy (non-hydrogen) atoms. The molecule has 7 heteroatoms. The summed E-state index contributed by atoms with van der Waals surface area (Å²) in [5.74, 6) is 0.306. The van der Waals surface area contributed by atoms with Crippen molar-refractivity contribution in [3.8, 4) is 23.3 Å². The number of nitriles is 1. The Kier molecular flexibility index (Phi) is 10.9. The first-order chi connectivity index (χ1) is 16.5. The molecule has 178 valence electrons. The first-order valence-electron chi connectivity index (χ1n) is 11.2. The van der Waals surface area contributed by atoms with Crippen LogP contribution in [-0.4, -0.2) is 32.1 Å². The van der Waals surface area contributed by atoms with Crippen LogP contribution in [-0.2, 0) is 9.59 Å². The predicted molar refractivity (Wildman–Crippen MR) is 131 cm³/mol. The van der Waals surface area contributed by atoms with Crippen LogP contribution >= 0.6 is 0 Å². The van der Waals surface area contributed by atoms with Gasteiger partial charge in [0.05, 0.1) is 13.7 Å². The van der Waals surface area contributed by atoms with E-state index in [-0.39, 0.29) is 11.3 Å². The number of carbonyl (C=O) groups is 2. The van der Waals surface area contributed by atoms with Gasteiger partial charge < -0.3 is 19.5 Å². The van der Waals surface area contributed by atoms with Crippen molar-refractivity contribution >= 4 is 24.0 Å². The fourth-order valence-electron chi connectivity index (χ4n) is 2.85. The molecule has 0 aliphatic rings. The van der Waals surface area contributed by atoms with E-state index in [1.165, 1.54) is 19.3 Å². The Morgan fingerprint density at radius 3 is 2.41 bits per heavy atom. The quantitative estimate of drug-likeness (QED) is 0.158. The van der Waals surface area contributed by atoms with E-state index in [0.717, 1.165) is 30.6 Å². The highest BCUT2D eigenvalue weighted by Crippen LogP contribution is 2.29. The van der Waals surface area contributed by atoms with E-state index in [2.05, 4.69) is 5.32 Å². The number of methoxy groups -OCH3 is 1. The smallest absolute Gasteiger partial charge is 0.336 e. The van der Waals surface area contributed by atoms with Crippen molar-refractivity contribution < 1.29 is 23.8 Å². The van der Waals surface area contributed by atoms with Gasteiger partial charge in [-0.3, -0.25) is 4.79 Å². The molecule has 0 fully saturated rings. The molecule has 0 radical (unpaired) electrons. The largest absolute Gasteiger partial charge is 0.494 e. The molecule has 0 heterocycles. The van der Waals surface area contributed by atoms with Crippen molar-refractivity contribution in [3.63, 3.8) is 0 Å². The minimum Gasteiger partial charge on any atom is -0.494 e. The predicted octanol–water partition coefficient (Wildman–Crippen LogP) is 4.93. The van der Waals surface area contributed by atoms with Crippen molar-refractivity contribution in [3.05, 3.63) is 65.2 Å². The Morgan fingerprint density at radius 1 is 1.03 bits per heavy atom. The lowest BCUT2D eigenvalue weighted by Crippen LogP contribution is -2.25. The summed E-state index contributed by atoms with van der Waals surface area (Å²) in [5.41, 5.74) is 1.38. The van der Waals surface area contributed by atoms with E-state index < -0.39 is 11.9 Å². The van der Waals surface area contributed by atoms with E-state index in [1.54, 1.807) is 24.3 Å². The number of nitrogens with one attached hydrogen (secondary N) is 1. The third kappa shape index (κ3) is 8.47. The first kappa shape index (κ1) is 26.2. The molecule has 1 N–H and O–H groups in total. The summed E-state index contributed by atoms with van der Waals surface area (Å²) in [7, 11) is 1.45. The van der Waals surface area contributed by atoms with Crippen LogP contribution in [0.2, 0.25) is 0 Å². The number of esters is 1. The van der Waals surface area contributed by atoms with Crippen molar-refractivity contribution in [2.45, 2.75) is 33.1 Å². The third-order valence-electron chi connectivity index (χ3n) is 4.66. The van der Waals surface area contributed by atoms with Crippen LogP contribution in [0.15, 0.2) is 54.1 Å². The zero-order valence-electron chi connectivity index (χ0n) is 19.8. The molecular weight excluding hydrogens is 432 g/mol. The van der Waals surface area contributed by atoms with Gasteiger partial charge in [0.25, 0.3) is 5.91 Å². The molecule has 1 amide bonds. The lowest BCUT2D eigenvalue weighted by molar-refractivity contribution is -0.129. The summed E-state index contributed by atoms with van der Waals surface area (Å²) in [6, 6.07) is 14.1. The SMILES string of the molecule is CCCCNC(=O)/C(C#N)=C/c1ccc(OC(=O)/C=C/c2ccc(OCCC)cc2)c(OC)c1. The first-order valence-corrected chi connectivity index (χ1v) is 11.2. The number of unbranched alkanes of at least 4 members (excludes halogenated alkanes) is 1. The van der Waals surface area contributed by atoms with E-state index in [9.17, 15) is 14.9 Å². The minimum absolute atomic E-state index is 0.0167. The fraction of sp³-hybridized carbons (Fsp3) is 0.296. The third-order valence-corrected chi connectivity index (χ3v) is 4.66. The normalized spacial score (nSPS) is 11.1. The van der Waals surface area contributed by atoms with Gasteiger partial charge in [0.15, 0.2) is 11.5 Å². The molecule has 0 saturated carbocycles. The molecule has 0 saturated heterocycles. The molecular formula is C27H30N2O5. The lowest BCUT2D eigenvalue weighted by Gasteiger charge is -2.09. The van der Waals surface area contributed by atoms with Crippen LogP contribution in [0.4, 0.5) is 0 Å². The maximum Gasteiger partial charge on any atom is 0.336 e. The van der Waals surface area contributed by atoms with Crippen molar-refractivity contribution in [1.29, 1.82) is 5.26 Å². The average molecular weight is 463 g/mol. The van der Waals surface area contributed by atoms with Crippen LogP contribution in [0, 0.1) is 11.3 Å². The van der Waals surface area contributed by atoms with Gasteiger partial charge in [0, 0.05) is 12.6 Å². The van der Waals surface area contributed by atoms with Gasteiger partial charge in [-0.25, -0.2) is 4.79 Å². The summed E-state index contributed by atoms with van der Waals surface area (Å²) in [4.78, 5) is 24.4. The van der Waals surface area contributed by atoms with E-state index >= 15 is 0 Å². The van der Waals surface area contributed by atoms with Gasteiger partial charge in [-0.15, -0.1) is 0 Å². The molecule has 0 spiro atoms. The van der Waals surface area contributed by atoms with Crippen molar-refractivity contribution in [2.24, 2.45) is 0 Å². The molecule has 7 nitrogen and oxygen atoms in total. The zero-order chi connectivity index (χ0) is 24.8. The number of ether oxygens (including phenoxy) is 3. The van der Waals surface area contributed by atoms with E-state index in [4.69, 9.17) is 14.2 Å². The van der Waals surface area contributed by atoms with Gasteiger partial charge >= 0.3 is 5.97 Å². The average Bonchev–Trinajstić information content (AvgIpc) is 2.86. The molecule has 0 aliphatic heterocycles. The summed E-state index contributed by atoms with van der Waals surface area (Å²) >= 11 is 0. The molecule has 0 aromatic heterocycles. The van der Waals surface area contributed by atoms with Crippen LogP contribution in [0.5, 0.6) is 17.2 Å². The highest BCUT2D eigenvalue weighted by Gasteiger charge is 2.12. The van der Waals surface area contributed by atoms with E-state index in [0.29, 0.717) is 24.5 Å². The molecule has 0 atom stereocenters. The summed E-state index contributed by atoms with van der Waals surface area (Å²) in [6.45, 7) is 5.23. The van der Waals surface area contributed by atoms with Crippen molar-refractivity contribution in [1.82, 2.24) is 5.32 Å². The van der Waals surface area contributed by atoms with Crippen LogP contribution in [0.1, 0.15) is 44.2 Å². The van der Waals surface area contributed by atoms with Crippen LogP contribution < -0.4 is 19.5 Å². The summed E-state index contributed by atoms with van der Waals surface area (Å²) in [5, 5.41) is 12.0. The van der Waals surface area contributed by atoms with Gasteiger partial charge in [0.1, 0.15) is 17.4 Å². The Bertz CT molecular complexity index is 1070. The number of benzene rings is 2. The minimum atomic E-state index is -0.569. The Labute approximate surface area is 200 Å². The number of carbonyl (C=O) groups excluding carboxylic acids is 2. The molecule has 0 unspecified atom stereocenters. The Morgan fingerprint density at radius 2 is 1.76 bits per heavy atom. The lowest BCUT2D eigenvalue weighted by atomic mass is 10.1. The van der Waals surface area contributed by atoms with Crippen LogP contribution in [0.25, 0.3) is 12.2 Å². The zero-order valence-corrected chi connectivity index (χ0v) is 19.8.